The summed E-state index contributed by atoms with van der Waals surface area (Å²) in [6, 6.07) is 63.7. The van der Waals surface area contributed by atoms with Gasteiger partial charge in [-0.25, -0.2) is 4.98 Å². The SMILES string of the molecule is [2H]C([2H])([2H])c1cc(-c2ccccc2)c(-n2c(-c3cc(C(C)C)cc(C(C)C)c3O)nc3c(-c4cc(-c5ccccc5)cc(-c5cc(-c6ccc(C)cc6)ccn5)c4)cccc32)cc1-c1ccccc1. The first-order valence-electron chi connectivity index (χ1n) is 24.2. The maximum Gasteiger partial charge on any atom is 0.149 e. The number of phenolic OH excluding ortho intramolecular Hbond substituents is 1. The highest BCUT2D eigenvalue weighted by atomic mass is 16.3. The minimum Gasteiger partial charge on any atom is -0.507 e. The van der Waals surface area contributed by atoms with Crippen molar-refractivity contribution in [2.24, 2.45) is 0 Å². The molecule has 0 amide bonds. The Balaban J connectivity index is 1.31. The summed E-state index contributed by atoms with van der Waals surface area (Å²) in [5, 5.41) is 12.5. The van der Waals surface area contributed by atoms with Gasteiger partial charge in [-0.05, 0) is 141 Å². The number of pyridine rings is 1. The lowest BCUT2D eigenvalue weighted by molar-refractivity contribution is 0.466. The number of fused-ring (bicyclic) bond motifs is 1. The fraction of sp³-hybridized carbons (Fsp3) is 0.129. The van der Waals surface area contributed by atoms with Crippen LogP contribution in [0.2, 0.25) is 0 Å². The van der Waals surface area contributed by atoms with Crippen molar-refractivity contribution in [3.63, 3.8) is 0 Å². The fourth-order valence-electron chi connectivity index (χ4n) is 9.10. The number of hydrogen-bond acceptors (Lipinski definition) is 3. The molecule has 0 spiro atoms. The Morgan fingerprint density at radius 2 is 1.14 bits per heavy atom. The third-order valence-corrected chi connectivity index (χ3v) is 12.7. The fourth-order valence-corrected chi connectivity index (χ4v) is 9.10. The molecule has 10 rings (SSSR count). The Kier molecular flexibility index (Phi) is 10.3. The second kappa shape index (κ2) is 17.6. The molecular weight excluding hydrogens is 803 g/mol. The predicted molar refractivity (Wildman–Crippen MR) is 276 cm³/mol. The lowest BCUT2D eigenvalue weighted by atomic mass is 9.91. The summed E-state index contributed by atoms with van der Waals surface area (Å²) in [4.78, 5) is 10.6. The van der Waals surface area contributed by atoms with Crippen LogP contribution in [0.1, 0.15) is 65.9 Å². The molecule has 0 aliphatic rings. The van der Waals surface area contributed by atoms with Gasteiger partial charge in [-0.2, -0.15) is 0 Å². The number of aromatic hydroxyl groups is 1. The molecule has 2 aromatic heterocycles. The van der Waals surface area contributed by atoms with E-state index in [1.165, 1.54) is 5.56 Å². The molecule has 1 N–H and O–H groups in total. The summed E-state index contributed by atoms with van der Waals surface area (Å²) >= 11 is 0. The molecule has 0 saturated heterocycles. The number of hydrogen-bond donors (Lipinski definition) is 1. The molecule has 0 atom stereocenters. The summed E-state index contributed by atoms with van der Waals surface area (Å²) in [6.45, 7) is 8.19. The molecule has 0 saturated carbocycles. The number of benzene rings is 8. The molecule has 322 valence electrons. The number of nitrogens with zero attached hydrogens (tertiary/aromatic N) is 3. The molecule has 0 radical (unpaired) electrons. The van der Waals surface area contributed by atoms with Crippen molar-refractivity contribution in [2.45, 2.75) is 53.3 Å². The smallest absolute Gasteiger partial charge is 0.149 e. The van der Waals surface area contributed by atoms with Crippen molar-refractivity contribution in [1.29, 1.82) is 0 Å². The van der Waals surface area contributed by atoms with E-state index in [0.29, 0.717) is 17.0 Å². The summed E-state index contributed by atoms with van der Waals surface area (Å²) < 4.78 is 28.7. The lowest BCUT2D eigenvalue weighted by Gasteiger charge is -2.21. The lowest BCUT2D eigenvalue weighted by Crippen LogP contribution is -2.04. The van der Waals surface area contributed by atoms with Gasteiger partial charge in [0.2, 0.25) is 0 Å². The van der Waals surface area contributed by atoms with Crippen LogP contribution < -0.4 is 0 Å². The first-order chi connectivity index (χ1) is 33.3. The minimum atomic E-state index is -2.42. The highest BCUT2D eigenvalue weighted by molar-refractivity contribution is 5.99. The quantitative estimate of drug-likeness (QED) is 0.149. The Hall–Kier alpha value is -7.82. The second-order valence-corrected chi connectivity index (χ2v) is 17.9. The summed E-state index contributed by atoms with van der Waals surface area (Å²) in [5.41, 5.74) is 17.1. The molecule has 4 nitrogen and oxygen atoms in total. The third kappa shape index (κ3) is 8.01. The molecule has 0 fully saturated rings. The number of aryl methyl sites for hydroxylation is 2. The Morgan fingerprint density at radius 1 is 0.500 bits per heavy atom. The summed E-state index contributed by atoms with van der Waals surface area (Å²) in [7, 11) is 0. The predicted octanol–water partition coefficient (Wildman–Crippen LogP) is 16.7. The van der Waals surface area contributed by atoms with E-state index in [1.54, 1.807) is 0 Å². The first-order valence-corrected chi connectivity index (χ1v) is 22.7. The molecule has 10 aromatic rings. The Bertz CT molecular complexity index is 3490. The molecule has 0 bridgehead atoms. The molecule has 0 unspecified atom stereocenters. The van der Waals surface area contributed by atoms with Crippen molar-refractivity contribution >= 4 is 11.0 Å². The average molecular weight is 859 g/mol. The number of rotatable bonds is 10. The zero-order valence-electron chi connectivity index (χ0n) is 40.9. The van der Waals surface area contributed by atoms with E-state index in [4.69, 9.17) is 14.1 Å². The first kappa shape index (κ1) is 38.6. The van der Waals surface area contributed by atoms with Crippen molar-refractivity contribution in [1.82, 2.24) is 14.5 Å². The highest BCUT2D eigenvalue weighted by Gasteiger charge is 2.26. The van der Waals surface area contributed by atoms with Crippen LogP contribution in [0.5, 0.6) is 5.75 Å². The highest BCUT2D eigenvalue weighted by Crippen LogP contribution is 2.45. The maximum absolute atomic E-state index is 12.5. The number of imidazole rings is 1. The van der Waals surface area contributed by atoms with Crippen LogP contribution in [0.3, 0.4) is 0 Å². The summed E-state index contributed by atoms with van der Waals surface area (Å²) in [6.07, 6.45) is 1.88. The van der Waals surface area contributed by atoms with Gasteiger partial charge in [-0.3, -0.25) is 9.55 Å². The van der Waals surface area contributed by atoms with Crippen molar-refractivity contribution in [3.8, 4) is 89.7 Å². The summed E-state index contributed by atoms with van der Waals surface area (Å²) in [5.74, 6) is 0.903. The van der Waals surface area contributed by atoms with E-state index in [9.17, 15) is 5.11 Å². The van der Waals surface area contributed by atoms with Crippen LogP contribution in [0.15, 0.2) is 194 Å². The molecular formula is C62H53N3O. The van der Waals surface area contributed by atoms with Crippen molar-refractivity contribution < 1.29 is 9.22 Å². The monoisotopic (exact) mass is 858 g/mol. The van der Waals surface area contributed by atoms with E-state index in [1.807, 2.05) is 85.1 Å². The van der Waals surface area contributed by atoms with Gasteiger partial charge in [0.1, 0.15) is 11.6 Å². The van der Waals surface area contributed by atoms with E-state index in [-0.39, 0.29) is 23.1 Å². The van der Waals surface area contributed by atoms with Gasteiger partial charge < -0.3 is 5.11 Å². The number of aromatic nitrogens is 3. The average Bonchev–Trinajstić information content (AvgIpc) is 3.76. The van der Waals surface area contributed by atoms with Gasteiger partial charge in [0.15, 0.2) is 0 Å². The normalized spacial score (nSPS) is 12.4. The van der Waals surface area contributed by atoms with Gasteiger partial charge in [0.25, 0.3) is 0 Å². The van der Waals surface area contributed by atoms with Crippen LogP contribution in [0.4, 0.5) is 0 Å². The van der Waals surface area contributed by atoms with Crippen LogP contribution >= 0.6 is 0 Å². The zero-order valence-corrected chi connectivity index (χ0v) is 37.9. The van der Waals surface area contributed by atoms with Crippen LogP contribution in [-0.4, -0.2) is 19.6 Å². The third-order valence-electron chi connectivity index (χ3n) is 12.7. The van der Waals surface area contributed by atoms with Crippen molar-refractivity contribution in [3.05, 3.63) is 217 Å². The molecule has 66 heavy (non-hydrogen) atoms. The van der Waals surface area contributed by atoms with Crippen LogP contribution in [-0.2, 0) is 0 Å². The van der Waals surface area contributed by atoms with Gasteiger partial charge >= 0.3 is 0 Å². The van der Waals surface area contributed by atoms with E-state index in [2.05, 4.69) is 148 Å². The topological polar surface area (TPSA) is 50.9 Å². The van der Waals surface area contributed by atoms with Gasteiger partial charge in [-0.15, -0.1) is 0 Å². The zero-order chi connectivity index (χ0) is 48.0. The second-order valence-electron chi connectivity index (χ2n) is 17.9. The van der Waals surface area contributed by atoms with Gasteiger partial charge in [-0.1, -0.05) is 167 Å². The number of para-hydroxylation sites is 1. The Morgan fingerprint density at radius 3 is 1.80 bits per heavy atom. The molecule has 8 aromatic carbocycles. The Labute approximate surface area is 392 Å². The molecule has 2 heterocycles. The standard InChI is InChI=1S/C62H53N3O/c1-39(2)48-35-53(40(3)4)61(66)56(36-48)62-64-60-52(23-16-24-58(60)65(62)59-38-54(45-19-12-8-13-20-45)42(6)31-55(59)46-21-14-9-15-22-46)50-32-49(43-17-10-7-11-18-43)33-51(34-50)57-37-47(29-30-63-57)44-27-25-41(5)26-28-44/h7-40,66H,1-6H3/i6D3. The van der Waals surface area contributed by atoms with E-state index >= 15 is 0 Å². The molecule has 0 aliphatic carbocycles. The van der Waals surface area contributed by atoms with Crippen LogP contribution in [0, 0.1) is 13.8 Å². The van der Waals surface area contributed by atoms with E-state index < -0.39 is 6.85 Å². The van der Waals surface area contributed by atoms with Gasteiger partial charge in [0.05, 0.1) is 28.0 Å². The van der Waals surface area contributed by atoms with Crippen LogP contribution in [0.25, 0.3) is 95.0 Å². The minimum absolute atomic E-state index is 0.0243. The van der Waals surface area contributed by atoms with Gasteiger partial charge in [0, 0.05) is 27.0 Å². The maximum atomic E-state index is 12.5. The largest absolute Gasteiger partial charge is 0.507 e. The van der Waals surface area contributed by atoms with E-state index in [0.717, 1.165) is 89.2 Å². The number of phenols is 1. The molecule has 4 heteroatoms. The van der Waals surface area contributed by atoms with Crippen molar-refractivity contribution in [2.75, 3.05) is 0 Å². The molecule has 0 aliphatic heterocycles.